The van der Waals surface area contributed by atoms with Crippen molar-refractivity contribution in [2.24, 2.45) is 5.84 Å². The number of hydrogen-bond donors (Lipinski definition) is 3. The van der Waals surface area contributed by atoms with Gasteiger partial charge in [-0.15, -0.1) is 0 Å². The van der Waals surface area contributed by atoms with E-state index in [4.69, 9.17) is 11.1 Å². The van der Waals surface area contributed by atoms with Gasteiger partial charge in [0.25, 0.3) is 0 Å². The van der Waals surface area contributed by atoms with E-state index >= 15 is 0 Å². The van der Waals surface area contributed by atoms with Crippen LogP contribution in [0.1, 0.15) is 11.1 Å². The van der Waals surface area contributed by atoms with Gasteiger partial charge in [-0.3, -0.25) is 5.84 Å². The summed E-state index contributed by atoms with van der Waals surface area (Å²) < 4.78 is 27.0. The van der Waals surface area contributed by atoms with Crippen LogP contribution in [0.25, 0.3) is 0 Å². The maximum absolute atomic E-state index is 12.3. The molecule has 0 saturated carbocycles. The number of anilines is 1. The van der Waals surface area contributed by atoms with Crippen molar-refractivity contribution in [3.8, 4) is 6.07 Å². The zero-order chi connectivity index (χ0) is 15.3. The molecule has 0 aliphatic heterocycles. The molecule has 0 heterocycles. The SMILES string of the molecule is N#Cc1cccc(CNS(=O)(=O)c2ccccc2NN)c1. The lowest BCUT2D eigenvalue weighted by Crippen LogP contribution is -2.25. The van der Waals surface area contributed by atoms with Crippen LogP contribution in [0.5, 0.6) is 0 Å². The minimum Gasteiger partial charge on any atom is -0.323 e. The molecule has 108 valence electrons. The smallest absolute Gasteiger partial charge is 0.242 e. The summed E-state index contributed by atoms with van der Waals surface area (Å²) in [5.41, 5.74) is 3.86. The molecule has 0 aromatic heterocycles. The van der Waals surface area contributed by atoms with Crippen molar-refractivity contribution in [1.82, 2.24) is 4.72 Å². The van der Waals surface area contributed by atoms with Crippen molar-refractivity contribution in [3.05, 3.63) is 59.7 Å². The van der Waals surface area contributed by atoms with Gasteiger partial charge in [0.1, 0.15) is 4.90 Å². The molecule has 0 bridgehead atoms. The Bertz CT molecular complexity index is 782. The normalized spacial score (nSPS) is 10.9. The summed E-state index contributed by atoms with van der Waals surface area (Å²) in [5.74, 6) is 5.31. The number of hydrazine groups is 1. The van der Waals surface area contributed by atoms with E-state index in [2.05, 4.69) is 10.1 Å². The number of nitrogen functional groups attached to an aromatic ring is 1. The van der Waals surface area contributed by atoms with Crippen LogP contribution in [-0.4, -0.2) is 8.42 Å². The number of benzene rings is 2. The van der Waals surface area contributed by atoms with Crippen LogP contribution >= 0.6 is 0 Å². The molecule has 21 heavy (non-hydrogen) atoms. The molecule has 0 spiro atoms. The monoisotopic (exact) mass is 302 g/mol. The van der Waals surface area contributed by atoms with E-state index in [1.165, 1.54) is 6.07 Å². The van der Waals surface area contributed by atoms with Crippen LogP contribution in [0.3, 0.4) is 0 Å². The van der Waals surface area contributed by atoms with Crippen LogP contribution in [0.2, 0.25) is 0 Å². The molecular formula is C14H14N4O2S. The van der Waals surface area contributed by atoms with Gasteiger partial charge < -0.3 is 5.43 Å². The number of sulfonamides is 1. The highest BCUT2D eigenvalue weighted by Crippen LogP contribution is 2.19. The van der Waals surface area contributed by atoms with Crippen molar-refractivity contribution in [3.63, 3.8) is 0 Å². The Morgan fingerprint density at radius 1 is 1.14 bits per heavy atom. The third-order valence-corrected chi connectivity index (χ3v) is 4.31. The first-order valence-corrected chi connectivity index (χ1v) is 7.59. The highest BCUT2D eigenvalue weighted by molar-refractivity contribution is 7.89. The lowest BCUT2D eigenvalue weighted by Gasteiger charge is -2.11. The lowest BCUT2D eigenvalue weighted by molar-refractivity contribution is 0.581. The van der Waals surface area contributed by atoms with Gasteiger partial charge in [-0.05, 0) is 29.8 Å². The standard InChI is InChI=1S/C14H14N4O2S/c15-9-11-4-3-5-12(8-11)10-17-21(19,20)14-7-2-1-6-13(14)18-16/h1-8,17-18H,10,16H2. The molecule has 0 unspecified atom stereocenters. The maximum Gasteiger partial charge on any atom is 0.242 e. The second-order valence-corrected chi connectivity index (χ2v) is 6.01. The number of nitriles is 1. The molecule has 0 radical (unpaired) electrons. The van der Waals surface area contributed by atoms with Crippen molar-refractivity contribution >= 4 is 15.7 Å². The number of para-hydroxylation sites is 1. The molecule has 6 nitrogen and oxygen atoms in total. The molecule has 0 aliphatic carbocycles. The molecular weight excluding hydrogens is 288 g/mol. The van der Waals surface area contributed by atoms with Crippen LogP contribution in [0.15, 0.2) is 53.4 Å². The molecule has 2 aromatic rings. The Morgan fingerprint density at radius 3 is 2.62 bits per heavy atom. The summed E-state index contributed by atoms with van der Waals surface area (Å²) >= 11 is 0. The number of rotatable bonds is 5. The van der Waals surface area contributed by atoms with E-state index in [9.17, 15) is 8.42 Å². The van der Waals surface area contributed by atoms with E-state index in [0.29, 0.717) is 16.8 Å². The Morgan fingerprint density at radius 2 is 1.90 bits per heavy atom. The van der Waals surface area contributed by atoms with Gasteiger partial charge in [-0.25, -0.2) is 13.1 Å². The lowest BCUT2D eigenvalue weighted by atomic mass is 10.1. The quantitative estimate of drug-likeness (QED) is 0.570. The third kappa shape index (κ3) is 3.58. The summed E-state index contributed by atoms with van der Waals surface area (Å²) in [7, 11) is -3.70. The summed E-state index contributed by atoms with van der Waals surface area (Å²) in [5, 5.41) is 8.83. The maximum atomic E-state index is 12.3. The Kier molecular flexibility index (Phi) is 4.55. The van der Waals surface area contributed by atoms with E-state index in [0.717, 1.165) is 0 Å². The number of hydrogen-bond acceptors (Lipinski definition) is 5. The molecule has 0 atom stereocenters. The average Bonchev–Trinajstić information content (AvgIpc) is 2.53. The number of nitrogens with zero attached hydrogens (tertiary/aromatic N) is 1. The van der Waals surface area contributed by atoms with Gasteiger partial charge in [0.15, 0.2) is 0 Å². The largest absolute Gasteiger partial charge is 0.323 e. The average molecular weight is 302 g/mol. The van der Waals surface area contributed by atoms with Crippen molar-refractivity contribution < 1.29 is 8.42 Å². The predicted octanol–water partition coefficient (Wildman–Crippen LogP) is 1.32. The zero-order valence-electron chi connectivity index (χ0n) is 11.1. The predicted molar refractivity (Wildman–Crippen MR) is 79.4 cm³/mol. The topological polar surface area (TPSA) is 108 Å². The zero-order valence-corrected chi connectivity index (χ0v) is 11.9. The van der Waals surface area contributed by atoms with E-state index in [-0.39, 0.29) is 11.4 Å². The summed E-state index contributed by atoms with van der Waals surface area (Å²) in [4.78, 5) is 0.0731. The van der Waals surface area contributed by atoms with E-state index in [1.807, 2.05) is 6.07 Å². The molecule has 0 saturated heterocycles. The molecule has 0 amide bonds. The van der Waals surface area contributed by atoms with Gasteiger partial charge in [-0.1, -0.05) is 24.3 Å². The first kappa shape index (κ1) is 15.0. The highest BCUT2D eigenvalue weighted by Gasteiger charge is 2.17. The van der Waals surface area contributed by atoms with Gasteiger partial charge in [-0.2, -0.15) is 5.26 Å². The molecule has 0 aliphatic rings. The summed E-state index contributed by atoms with van der Waals surface area (Å²) in [6, 6.07) is 15.1. The fraction of sp³-hybridized carbons (Fsp3) is 0.0714. The van der Waals surface area contributed by atoms with Crippen LogP contribution < -0.4 is 16.0 Å². The van der Waals surface area contributed by atoms with Crippen molar-refractivity contribution in [2.45, 2.75) is 11.4 Å². The summed E-state index contributed by atoms with van der Waals surface area (Å²) in [6.45, 7) is 0.0940. The third-order valence-electron chi connectivity index (χ3n) is 2.85. The number of nitrogens with two attached hydrogens (primary N) is 1. The van der Waals surface area contributed by atoms with Gasteiger partial charge >= 0.3 is 0 Å². The first-order chi connectivity index (χ1) is 10.1. The number of nitrogens with one attached hydrogen (secondary N) is 2. The fourth-order valence-corrected chi connectivity index (χ4v) is 3.01. The second-order valence-electron chi connectivity index (χ2n) is 4.28. The van der Waals surface area contributed by atoms with Crippen LogP contribution in [0, 0.1) is 11.3 Å². The Hall–Kier alpha value is -2.40. The Balaban J connectivity index is 2.20. The molecule has 0 fully saturated rings. The van der Waals surface area contributed by atoms with E-state index in [1.54, 1.807) is 42.5 Å². The fourth-order valence-electron chi connectivity index (χ4n) is 1.83. The minimum absolute atomic E-state index is 0.0731. The molecule has 2 aromatic carbocycles. The van der Waals surface area contributed by atoms with Crippen molar-refractivity contribution in [1.29, 1.82) is 5.26 Å². The van der Waals surface area contributed by atoms with E-state index < -0.39 is 10.0 Å². The van der Waals surface area contributed by atoms with Gasteiger partial charge in [0, 0.05) is 6.54 Å². The minimum atomic E-state index is -3.70. The van der Waals surface area contributed by atoms with Crippen LogP contribution in [0.4, 0.5) is 5.69 Å². The highest BCUT2D eigenvalue weighted by atomic mass is 32.2. The Labute approximate surface area is 123 Å². The van der Waals surface area contributed by atoms with Crippen LogP contribution in [-0.2, 0) is 16.6 Å². The molecule has 2 rings (SSSR count). The first-order valence-electron chi connectivity index (χ1n) is 6.11. The van der Waals surface area contributed by atoms with Gasteiger partial charge in [0.05, 0.1) is 17.3 Å². The molecule has 7 heteroatoms. The van der Waals surface area contributed by atoms with Crippen molar-refractivity contribution in [2.75, 3.05) is 5.43 Å². The summed E-state index contributed by atoms with van der Waals surface area (Å²) in [6.07, 6.45) is 0. The van der Waals surface area contributed by atoms with Gasteiger partial charge in [0.2, 0.25) is 10.0 Å². The molecule has 4 N–H and O–H groups in total. The second kappa shape index (κ2) is 6.37.